The summed E-state index contributed by atoms with van der Waals surface area (Å²) in [6.07, 6.45) is 0.851. The first-order chi connectivity index (χ1) is 8.61. The molecule has 3 nitrogen and oxygen atoms in total. The molecule has 1 aromatic rings. The Kier molecular flexibility index (Phi) is 3.90. The number of hydrogen-bond donors (Lipinski definition) is 0. The SMILES string of the molecule is CCC(C)C(=O)c1ccc2c(c1)OCC(C)CO2. The van der Waals surface area contributed by atoms with Gasteiger partial charge in [0.1, 0.15) is 0 Å². The van der Waals surface area contributed by atoms with E-state index in [4.69, 9.17) is 9.47 Å². The lowest BCUT2D eigenvalue weighted by atomic mass is 9.97. The van der Waals surface area contributed by atoms with Crippen LogP contribution in [-0.4, -0.2) is 19.0 Å². The van der Waals surface area contributed by atoms with E-state index in [1.54, 1.807) is 0 Å². The Bertz CT molecular complexity index is 439. The third-order valence-corrected chi connectivity index (χ3v) is 3.33. The number of ketones is 1. The molecule has 0 aromatic heterocycles. The van der Waals surface area contributed by atoms with Crippen LogP contribution in [0.2, 0.25) is 0 Å². The Balaban J connectivity index is 2.24. The minimum Gasteiger partial charge on any atom is -0.489 e. The molecule has 0 saturated heterocycles. The van der Waals surface area contributed by atoms with Crippen LogP contribution in [0.25, 0.3) is 0 Å². The monoisotopic (exact) mass is 248 g/mol. The second kappa shape index (κ2) is 5.42. The van der Waals surface area contributed by atoms with Crippen molar-refractivity contribution in [3.05, 3.63) is 23.8 Å². The molecule has 0 aliphatic carbocycles. The van der Waals surface area contributed by atoms with Crippen LogP contribution in [0.4, 0.5) is 0 Å². The third-order valence-electron chi connectivity index (χ3n) is 3.33. The zero-order valence-electron chi connectivity index (χ0n) is 11.2. The van der Waals surface area contributed by atoms with Gasteiger partial charge in [-0.15, -0.1) is 0 Å². The highest BCUT2D eigenvalue weighted by Crippen LogP contribution is 2.32. The van der Waals surface area contributed by atoms with Gasteiger partial charge in [-0.2, -0.15) is 0 Å². The number of fused-ring (bicyclic) bond motifs is 1. The summed E-state index contributed by atoms with van der Waals surface area (Å²) >= 11 is 0. The fourth-order valence-electron chi connectivity index (χ4n) is 1.88. The molecule has 2 rings (SSSR count). The highest BCUT2D eigenvalue weighted by Gasteiger charge is 2.19. The molecule has 0 saturated carbocycles. The lowest BCUT2D eigenvalue weighted by molar-refractivity contribution is 0.0927. The second-order valence-electron chi connectivity index (χ2n) is 5.06. The van der Waals surface area contributed by atoms with Gasteiger partial charge in [-0.1, -0.05) is 20.8 Å². The fraction of sp³-hybridized carbons (Fsp3) is 0.533. The summed E-state index contributed by atoms with van der Waals surface area (Å²) in [6, 6.07) is 5.47. The molecule has 2 unspecified atom stereocenters. The molecule has 1 aliphatic rings. The quantitative estimate of drug-likeness (QED) is 0.770. The zero-order chi connectivity index (χ0) is 13.1. The topological polar surface area (TPSA) is 35.5 Å². The predicted octanol–water partition coefficient (Wildman–Crippen LogP) is 3.32. The van der Waals surface area contributed by atoms with Crippen molar-refractivity contribution in [2.75, 3.05) is 13.2 Å². The first-order valence-corrected chi connectivity index (χ1v) is 6.55. The number of hydrogen-bond acceptors (Lipinski definition) is 3. The van der Waals surface area contributed by atoms with Gasteiger partial charge in [-0.3, -0.25) is 4.79 Å². The molecular formula is C15H20O3. The van der Waals surface area contributed by atoms with Crippen molar-refractivity contribution in [3.63, 3.8) is 0 Å². The van der Waals surface area contributed by atoms with Gasteiger partial charge in [-0.25, -0.2) is 0 Å². The first kappa shape index (κ1) is 12.9. The Labute approximate surface area is 108 Å². The number of carbonyl (C=O) groups is 1. The van der Waals surface area contributed by atoms with Crippen LogP contribution in [0.3, 0.4) is 0 Å². The van der Waals surface area contributed by atoms with Crippen LogP contribution in [0.15, 0.2) is 18.2 Å². The van der Waals surface area contributed by atoms with Gasteiger partial charge < -0.3 is 9.47 Å². The normalized spacial score (nSPS) is 20.1. The van der Waals surface area contributed by atoms with Crippen molar-refractivity contribution in [1.82, 2.24) is 0 Å². The van der Waals surface area contributed by atoms with Crippen molar-refractivity contribution in [2.24, 2.45) is 11.8 Å². The van der Waals surface area contributed by atoms with Crippen LogP contribution in [0, 0.1) is 11.8 Å². The van der Waals surface area contributed by atoms with E-state index in [1.165, 1.54) is 0 Å². The van der Waals surface area contributed by atoms with E-state index in [-0.39, 0.29) is 11.7 Å². The van der Waals surface area contributed by atoms with Crippen molar-refractivity contribution in [3.8, 4) is 11.5 Å². The Morgan fingerprint density at radius 2 is 2.00 bits per heavy atom. The van der Waals surface area contributed by atoms with Crippen molar-refractivity contribution < 1.29 is 14.3 Å². The lowest BCUT2D eigenvalue weighted by Crippen LogP contribution is -2.12. The largest absolute Gasteiger partial charge is 0.489 e. The van der Waals surface area contributed by atoms with E-state index in [0.717, 1.165) is 12.2 Å². The maximum absolute atomic E-state index is 12.1. The minimum atomic E-state index is 0.0497. The summed E-state index contributed by atoms with van der Waals surface area (Å²) in [6.45, 7) is 7.34. The maximum Gasteiger partial charge on any atom is 0.165 e. The molecule has 0 radical (unpaired) electrons. The molecule has 1 aromatic carbocycles. The van der Waals surface area contributed by atoms with Crippen LogP contribution < -0.4 is 9.47 Å². The van der Waals surface area contributed by atoms with Gasteiger partial charge in [0.15, 0.2) is 17.3 Å². The Hall–Kier alpha value is -1.51. The molecule has 0 amide bonds. The first-order valence-electron chi connectivity index (χ1n) is 6.55. The predicted molar refractivity (Wildman–Crippen MR) is 70.4 cm³/mol. The Morgan fingerprint density at radius 1 is 1.33 bits per heavy atom. The molecule has 0 N–H and O–H groups in total. The van der Waals surface area contributed by atoms with E-state index < -0.39 is 0 Å². The van der Waals surface area contributed by atoms with Crippen molar-refractivity contribution in [1.29, 1.82) is 0 Å². The average molecular weight is 248 g/mol. The molecule has 98 valence electrons. The second-order valence-corrected chi connectivity index (χ2v) is 5.06. The van der Waals surface area contributed by atoms with E-state index in [9.17, 15) is 4.79 Å². The summed E-state index contributed by atoms with van der Waals surface area (Å²) in [4.78, 5) is 12.1. The van der Waals surface area contributed by atoms with E-state index >= 15 is 0 Å². The van der Waals surface area contributed by atoms with Gasteiger partial charge in [0, 0.05) is 17.4 Å². The standard InChI is InChI=1S/C15H20O3/c1-4-11(3)15(16)12-5-6-13-14(7-12)18-9-10(2)8-17-13/h5-7,10-11H,4,8-9H2,1-3H3. The maximum atomic E-state index is 12.1. The zero-order valence-corrected chi connectivity index (χ0v) is 11.2. The highest BCUT2D eigenvalue weighted by molar-refractivity contribution is 5.98. The molecular weight excluding hydrogens is 228 g/mol. The van der Waals surface area contributed by atoms with Crippen molar-refractivity contribution >= 4 is 5.78 Å². The number of Topliss-reactive ketones (excluding diaryl/α,β-unsaturated/α-hetero) is 1. The minimum absolute atomic E-state index is 0.0497. The number of benzene rings is 1. The van der Waals surface area contributed by atoms with Gasteiger partial charge in [-0.05, 0) is 24.6 Å². The van der Waals surface area contributed by atoms with Gasteiger partial charge >= 0.3 is 0 Å². The highest BCUT2D eigenvalue weighted by atomic mass is 16.5. The summed E-state index contributed by atoms with van der Waals surface area (Å²) < 4.78 is 11.3. The van der Waals surface area contributed by atoms with Gasteiger partial charge in [0.05, 0.1) is 13.2 Å². The molecule has 0 fully saturated rings. The Morgan fingerprint density at radius 3 is 2.67 bits per heavy atom. The molecule has 3 heteroatoms. The molecule has 0 spiro atoms. The van der Waals surface area contributed by atoms with Crippen LogP contribution in [0.5, 0.6) is 11.5 Å². The van der Waals surface area contributed by atoms with E-state index in [1.807, 2.05) is 32.0 Å². The average Bonchev–Trinajstić information content (AvgIpc) is 2.59. The number of carbonyl (C=O) groups excluding carboxylic acids is 1. The molecule has 0 bridgehead atoms. The summed E-state index contributed by atoms with van der Waals surface area (Å²) in [5, 5.41) is 0. The van der Waals surface area contributed by atoms with Crippen LogP contribution in [0.1, 0.15) is 37.6 Å². The number of ether oxygens (including phenoxy) is 2. The lowest BCUT2D eigenvalue weighted by Gasteiger charge is -2.11. The van der Waals surface area contributed by atoms with Crippen LogP contribution in [-0.2, 0) is 0 Å². The van der Waals surface area contributed by atoms with E-state index in [2.05, 4.69) is 6.92 Å². The smallest absolute Gasteiger partial charge is 0.165 e. The summed E-state index contributed by atoms with van der Waals surface area (Å²) in [7, 11) is 0. The molecule has 1 heterocycles. The third kappa shape index (κ3) is 2.66. The summed E-state index contributed by atoms with van der Waals surface area (Å²) in [5.41, 5.74) is 0.709. The molecule has 1 aliphatic heterocycles. The molecule has 2 atom stereocenters. The van der Waals surface area contributed by atoms with Crippen molar-refractivity contribution in [2.45, 2.75) is 27.2 Å². The molecule has 18 heavy (non-hydrogen) atoms. The number of rotatable bonds is 3. The fourth-order valence-corrected chi connectivity index (χ4v) is 1.88. The van der Waals surface area contributed by atoms with Crippen LogP contribution >= 0.6 is 0 Å². The van der Waals surface area contributed by atoms with Gasteiger partial charge in [0.2, 0.25) is 0 Å². The van der Waals surface area contributed by atoms with E-state index in [0.29, 0.717) is 30.4 Å². The van der Waals surface area contributed by atoms with Gasteiger partial charge in [0.25, 0.3) is 0 Å². The summed E-state index contributed by atoms with van der Waals surface area (Å²) in [5.74, 6) is 2.01.